The highest BCUT2D eigenvalue weighted by Gasteiger charge is 2.36. The molecule has 0 bridgehead atoms. The van der Waals surface area contributed by atoms with Gasteiger partial charge in [-0.15, -0.1) is 0 Å². The second-order valence-corrected chi connectivity index (χ2v) is 7.44. The lowest BCUT2D eigenvalue weighted by molar-refractivity contribution is -0.129. The average molecular weight is 373 g/mol. The fourth-order valence-corrected chi connectivity index (χ4v) is 4.05. The summed E-state index contributed by atoms with van der Waals surface area (Å²) < 4.78 is 11.0. The van der Waals surface area contributed by atoms with E-state index in [1.54, 1.807) is 4.90 Å². The van der Waals surface area contributed by atoms with Crippen LogP contribution in [0.5, 0.6) is 0 Å². The molecule has 7 heteroatoms. The first-order valence-electron chi connectivity index (χ1n) is 9.82. The molecule has 7 nitrogen and oxygen atoms in total. The smallest absolute Gasteiger partial charge is 0.229 e. The first kappa shape index (κ1) is 18.3. The molecule has 0 radical (unpaired) electrons. The van der Waals surface area contributed by atoms with E-state index in [2.05, 4.69) is 10.2 Å². The molecule has 3 saturated heterocycles. The van der Waals surface area contributed by atoms with Crippen molar-refractivity contribution >= 4 is 23.2 Å². The molecule has 3 fully saturated rings. The van der Waals surface area contributed by atoms with E-state index in [1.165, 1.54) is 0 Å². The first-order valence-corrected chi connectivity index (χ1v) is 9.82. The van der Waals surface area contributed by atoms with E-state index in [0.717, 1.165) is 43.9 Å². The number of benzene rings is 1. The molecule has 0 aliphatic carbocycles. The van der Waals surface area contributed by atoms with Gasteiger partial charge in [-0.1, -0.05) is 12.1 Å². The minimum atomic E-state index is -0.309. The van der Waals surface area contributed by atoms with Crippen molar-refractivity contribution in [3.8, 4) is 0 Å². The molecule has 0 aromatic heterocycles. The molecular formula is C20H27N3O4. The number of amides is 2. The maximum atomic E-state index is 12.8. The normalized spacial score (nSPS) is 25.9. The van der Waals surface area contributed by atoms with Crippen molar-refractivity contribution in [2.45, 2.75) is 25.4 Å². The fourth-order valence-electron chi connectivity index (χ4n) is 4.05. The standard InChI is InChI=1S/C20H27N3O4/c24-19-12-15(13-23(19)14-16-4-3-9-27-16)20(25)21-17-5-1-2-6-18(17)22-7-10-26-11-8-22/h1-2,5-6,15-16H,3-4,7-14H2,(H,21,25). The number of ether oxygens (including phenoxy) is 2. The van der Waals surface area contributed by atoms with E-state index in [-0.39, 0.29) is 30.3 Å². The van der Waals surface area contributed by atoms with Crippen LogP contribution in [0.3, 0.4) is 0 Å². The molecule has 2 atom stereocenters. The molecule has 0 saturated carbocycles. The molecular weight excluding hydrogens is 346 g/mol. The monoisotopic (exact) mass is 373 g/mol. The van der Waals surface area contributed by atoms with Gasteiger partial charge in [0.1, 0.15) is 0 Å². The van der Waals surface area contributed by atoms with Crippen molar-refractivity contribution < 1.29 is 19.1 Å². The van der Waals surface area contributed by atoms with Gasteiger partial charge in [0.15, 0.2) is 0 Å². The minimum Gasteiger partial charge on any atom is -0.378 e. The van der Waals surface area contributed by atoms with Crippen LogP contribution in [0.4, 0.5) is 11.4 Å². The van der Waals surface area contributed by atoms with Crippen molar-refractivity contribution in [1.29, 1.82) is 0 Å². The van der Waals surface area contributed by atoms with Crippen molar-refractivity contribution in [2.75, 3.05) is 56.2 Å². The molecule has 2 unspecified atom stereocenters. The first-order chi connectivity index (χ1) is 13.2. The maximum Gasteiger partial charge on any atom is 0.229 e. The van der Waals surface area contributed by atoms with Crippen LogP contribution in [-0.2, 0) is 19.1 Å². The van der Waals surface area contributed by atoms with Crippen LogP contribution in [-0.4, -0.2) is 68.8 Å². The highest BCUT2D eigenvalue weighted by molar-refractivity contribution is 5.99. The van der Waals surface area contributed by atoms with Gasteiger partial charge in [-0.3, -0.25) is 9.59 Å². The highest BCUT2D eigenvalue weighted by Crippen LogP contribution is 2.28. The van der Waals surface area contributed by atoms with E-state index in [9.17, 15) is 9.59 Å². The number of likely N-dealkylation sites (tertiary alicyclic amines) is 1. The third-order valence-corrected chi connectivity index (χ3v) is 5.55. The molecule has 4 rings (SSSR count). The van der Waals surface area contributed by atoms with Gasteiger partial charge in [0.2, 0.25) is 11.8 Å². The number of para-hydroxylation sites is 2. The van der Waals surface area contributed by atoms with Crippen LogP contribution in [0.2, 0.25) is 0 Å². The van der Waals surface area contributed by atoms with Crippen molar-refractivity contribution in [3.05, 3.63) is 24.3 Å². The van der Waals surface area contributed by atoms with Gasteiger partial charge in [0.25, 0.3) is 0 Å². The number of hydrogen-bond donors (Lipinski definition) is 1. The van der Waals surface area contributed by atoms with E-state index >= 15 is 0 Å². The maximum absolute atomic E-state index is 12.8. The van der Waals surface area contributed by atoms with E-state index in [1.807, 2.05) is 24.3 Å². The lowest BCUT2D eigenvalue weighted by Gasteiger charge is -2.30. The second kappa shape index (κ2) is 8.27. The van der Waals surface area contributed by atoms with Crippen LogP contribution in [0.25, 0.3) is 0 Å². The highest BCUT2D eigenvalue weighted by atomic mass is 16.5. The summed E-state index contributed by atoms with van der Waals surface area (Å²) in [7, 11) is 0. The summed E-state index contributed by atoms with van der Waals surface area (Å²) in [6.07, 6.45) is 2.44. The molecule has 0 spiro atoms. The quantitative estimate of drug-likeness (QED) is 0.847. The predicted octanol–water partition coefficient (Wildman–Crippen LogP) is 1.49. The van der Waals surface area contributed by atoms with E-state index in [0.29, 0.717) is 26.3 Å². The average Bonchev–Trinajstić information content (AvgIpc) is 3.33. The van der Waals surface area contributed by atoms with Gasteiger partial charge in [-0.05, 0) is 25.0 Å². The zero-order chi connectivity index (χ0) is 18.6. The van der Waals surface area contributed by atoms with Crippen molar-refractivity contribution in [3.63, 3.8) is 0 Å². The van der Waals surface area contributed by atoms with Gasteiger partial charge >= 0.3 is 0 Å². The zero-order valence-corrected chi connectivity index (χ0v) is 15.6. The molecule has 3 heterocycles. The Morgan fingerprint density at radius 3 is 2.78 bits per heavy atom. The largest absolute Gasteiger partial charge is 0.378 e. The molecule has 3 aliphatic heterocycles. The van der Waals surface area contributed by atoms with Gasteiger partial charge in [-0.25, -0.2) is 0 Å². The van der Waals surface area contributed by atoms with Gasteiger partial charge in [-0.2, -0.15) is 0 Å². The summed E-state index contributed by atoms with van der Waals surface area (Å²) in [5, 5.41) is 3.05. The SMILES string of the molecule is O=C(Nc1ccccc1N1CCOCC1)C1CC(=O)N(CC2CCCO2)C1. The number of rotatable bonds is 5. The third kappa shape index (κ3) is 4.25. The second-order valence-electron chi connectivity index (χ2n) is 7.44. The summed E-state index contributed by atoms with van der Waals surface area (Å²) in [6, 6.07) is 7.83. The molecule has 146 valence electrons. The Bertz CT molecular complexity index is 684. The fraction of sp³-hybridized carbons (Fsp3) is 0.600. The summed E-state index contributed by atoms with van der Waals surface area (Å²) in [5.74, 6) is -0.345. The number of morpholine rings is 1. The molecule has 1 N–H and O–H groups in total. The molecule has 1 aromatic carbocycles. The van der Waals surface area contributed by atoms with E-state index in [4.69, 9.17) is 9.47 Å². The van der Waals surface area contributed by atoms with Gasteiger partial charge in [0.05, 0.1) is 36.6 Å². The third-order valence-electron chi connectivity index (χ3n) is 5.55. The topological polar surface area (TPSA) is 71.1 Å². The number of nitrogens with zero attached hydrogens (tertiary/aromatic N) is 2. The Kier molecular flexibility index (Phi) is 5.59. The Morgan fingerprint density at radius 1 is 1.19 bits per heavy atom. The lowest BCUT2D eigenvalue weighted by Crippen LogP contribution is -2.37. The Balaban J connectivity index is 1.38. The van der Waals surface area contributed by atoms with Crippen LogP contribution < -0.4 is 10.2 Å². The van der Waals surface area contributed by atoms with E-state index < -0.39 is 0 Å². The van der Waals surface area contributed by atoms with Crippen molar-refractivity contribution in [2.24, 2.45) is 5.92 Å². The number of nitrogens with one attached hydrogen (secondary N) is 1. The van der Waals surface area contributed by atoms with Crippen LogP contribution in [0, 0.1) is 5.92 Å². The predicted molar refractivity (Wildman–Crippen MR) is 102 cm³/mol. The molecule has 3 aliphatic rings. The summed E-state index contributed by atoms with van der Waals surface area (Å²) >= 11 is 0. The number of carbonyl (C=O) groups excluding carboxylic acids is 2. The van der Waals surface area contributed by atoms with Crippen LogP contribution in [0.15, 0.2) is 24.3 Å². The Hall–Kier alpha value is -2.12. The van der Waals surface area contributed by atoms with Crippen LogP contribution >= 0.6 is 0 Å². The number of carbonyl (C=O) groups is 2. The zero-order valence-electron chi connectivity index (χ0n) is 15.6. The van der Waals surface area contributed by atoms with Gasteiger partial charge in [0, 0.05) is 39.2 Å². The summed E-state index contributed by atoms with van der Waals surface area (Å²) in [6.45, 7) is 4.86. The summed E-state index contributed by atoms with van der Waals surface area (Å²) in [4.78, 5) is 29.1. The number of anilines is 2. The molecule has 1 aromatic rings. The molecule has 2 amide bonds. The Labute approximate surface area is 159 Å². The van der Waals surface area contributed by atoms with Gasteiger partial charge < -0.3 is 24.6 Å². The lowest BCUT2D eigenvalue weighted by atomic mass is 10.1. The molecule has 27 heavy (non-hydrogen) atoms. The Morgan fingerprint density at radius 2 is 2.00 bits per heavy atom. The van der Waals surface area contributed by atoms with Crippen molar-refractivity contribution in [1.82, 2.24) is 4.90 Å². The minimum absolute atomic E-state index is 0.0483. The van der Waals surface area contributed by atoms with Crippen LogP contribution in [0.1, 0.15) is 19.3 Å². The number of hydrogen-bond acceptors (Lipinski definition) is 5. The summed E-state index contributed by atoms with van der Waals surface area (Å²) in [5.41, 5.74) is 1.81.